The van der Waals surface area contributed by atoms with E-state index in [1.165, 1.54) is 35.2 Å². The molecule has 3 amide bonds. The largest absolute Gasteiger partial charge is 0.478 e. The van der Waals surface area contributed by atoms with Crippen LogP contribution in [0.4, 0.5) is 16.3 Å². The summed E-state index contributed by atoms with van der Waals surface area (Å²) >= 11 is 3.80. The Kier molecular flexibility index (Phi) is 8.36. The number of nitro groups is 1. The number of likely N-dealkylation sites (tertiary alicyclic amines) is 1. The first kappa shape index (κ1) is 27.5. The van der Waals surface area contributed by atoms with Gasteiger partial charge in [0.1, 0.15) is 17.4 Å². The summed E-state index contributed by atoms with van der Waals surface area (Å²) in [4.78, 5) is 70.6. The van der Waals surface area contributed by atoms with Crippen molar-refractivity contribution in [3.05, 3.63) is 75.8 Å². The van der Waals surface area contributed by atoms with Gasteiger partial charge in [-0.1, -0.05) is 18.2 Å². The van der Waals surface area contributed by atoms with Crippen LogP contribution in [0.3, 0.4) is 0 Å². The number of pyridine rings is 1. The summed E-state index contributed by atoms with van der Waals surface area (Å²) in [5.41, 5.74) is 2.96. The van der Waals surface area contributed by atoms with Gasteiger partial charge in [0, 0.05) is 30.5 Å². The van der Waals surface area contributed by atoms with Crippen LogP contribution < -0.4 is 10.8 Å². The molecule has 0 spiro atoms. The molecule has 0 saturated carbocycles. The molecule has 3 N–H and O–H groups in total. The number of nitrogens with one attached hydrogen (secondary N) is 2. The maximum atomic E-state index is 13.3. The molecule has 13 nitrogen and oxygen atoms in total. The van der Waals surface area contributed by atoms with Crippen LogP contribution in [0.15, 0.2) is 54.6 Å². The van der Waals surface area contributed by atoms with Crippen LogP contribution in [0.5, 0.6) is 0 Å². The van der Waals surface area contributed by atoms with Crippen molar-refractivity contribution in [3.8, 4) is 0 Å². The number of carboxylic acid groups (broad SMARTS) is 1. The number of carbonyl (C=O) groups excluding carboxylic acids is 3. The molecular formula is C25H23N5O8S. The molecule has 0 radical (unpaired) electrons. The maximum Gasteiger partial charge on any atom is 0.342 e. The average Bonchev–Trinajstić information content (AvgIpc) is 3.32. The number of anilines is 1. The summed E-state index contributed by atoms with van der Waals surface area (Å²) in [5, 5.41) is 23.1. The lowest BCUT2D eigenvalue weighted by Gasteiger charge is -2.24. The van der Waals surface area contributed by atoms with Gasteiger partial charge in [0.15, 0.2) is 5.12 Å². The summed E-state index contributed by atoms with van der Waals surface area (Å²) in [6, 6.07) is 11.9. The quantitative estimate of drug-likeness (QED) is 0.176. The van der Waals surface area contributed by atoms with Crippen molar-refractivity contribution in [3.63, 3.8) is 0 Å². The topological polar surface area (TPSA) is 181 Å². The number of aromatic carboxylic acids is 1. The molecule has 1 aliphatic heterocycles. The van der Waals surface area contributed by atoms with Crippen molar-refractivity contribution in [2.75, 3.05) is 11.9 Å². The van der Waals surface area contributed by atoms with E-state index in [1.54, 1.807) is 24.3 Å². The average molecular weight is 554 g/mol. The minimum atomic E-state index is -1.29. The fraction of sp³-hybridized carbons (Fsp3) is 0.240. The van der Waals surface area contributed by atoms with Crippen molar-refractivity contribution in [2.45, 2.75) is 25.5 Å². The summed E-state index contributed by atoms with van der Waals surface area (Å²) in [6.45, 7) is -0.0516. The number of hydrogen-bond donors (Lipinski definition) is 4. The number of urea groups is 1. The lowest BCUT2D eigenvalue weighted by molar-refractivity contribution is -0.384. The van der Waals surface area contributed by atoms with E-state index >= 15 is 0 Å². The number of aromatic nitrogens is 1. The number of hydroxylamine groups is 1. The summed E-state index contributed by atoms with van der Waals surface area (Å²) in [7, 11) is 0. The second kappa shape index (κ2) is 11.9. The number of thiol groups is 1. The van der Waals surface area contributed by atoms with Gasteiger partial charge in [0.2, 0.25) is 5.91 Å². The van der Waals surface area contributed by atoms with E-state index in [4.69, 9.17) is 4.84 Å². The standard InChI is InChI=1S/C25H23N5O8S/c31-21(39)10-15-9-20(23(32)27-22-18(24(33)34)11-16-3-1-2-4-19(16)26-22)29(12-15)25(35)28-38-13-14-5-7-17(8-6-14)30(36)37/h1-8,11,15,20H,9-10,12-13H2,(H,28,35)(H,31,39)(H,33,34)(H,26,27,32). The van der Waals surface area contributed by atoms with Crippen molar-refractivity contribution >= 4 is 58.1 Å². The number of rotatable bonds is 9. The molecule has 202 valence electrons. The highest BCUT2D eigenvalue weighted by Gasteiger charge is 2.40. The van der Waals surface area contributed by atoms with Crippen LogP contribution in [0.25, 0.3) is 10.9 Å². The fourth-order valence-corrected chi connectivity index (χ4v) is 4.58. The van der Waals surface area contributed by atoms with Gasteiger partial charge in [-0.2, -0.15) is 0 Å². The zero-order chi connectivity index (χ0) is 28.1. The molecule has 14 heteroatoms. The Morgan fingerprint density at radius 3 is 2.54 bits per heavy atom. The van der Waals surface area contributed by atoms with Gasteiger partial charge in [0.05, 0.1) is 17.0 Å². The van der Waals surface area contributed by atoms with E-state index in [0.29, 0.717) is 16.5 Å². The highest BCUT2D eigenvalue weighted by atomic mass is 32.1. The second-order valence-corrected chi connectivity index (χ2v) is 9.36. The van der Waals surface area contributed by atoms with E-state index in [1.807, 2.05) is 0 Å². The summed E-state index contributed by atoms with van der Waals surface area (Å²) in [5.74, 6) is -2.51. The lowest BCUT2D eigenvalue weighted by Crippen LogP contribution is -2.47. The van der Waals surface area contributed by atoms with E-state index < -0.39 is 34.0 Å². The van der Waals surface area contributed by atoms with E-state index in [9.17, 15) is 34.4 Å². The Hall–Kier alpha value is -4.56. The Labute approximate surface area is 226 Å². The predicted molar refractivity (Wildman–Crippen MR) is 141 cm³/mol. The molecular weight excluding hydrogens is 530 g/mol. The van der Waals surface area contributed by atoms with E-state index in [0.717, 1.165) is 0 Å². The Bertz CT molecular complexity index is 1450. The lowest BCUT2D eigenvalue weighted by atomic mass is 10.0. The minimum absolute atomic E-state index is 0.0227. The number of nitro benzene ring substituents is 1. The Morgan fingerprint density at radius 1 is 1.15 bits per heavy atom. The third-order valence-corrected chi connectivity index (χ3v) is 6.34. The van der Waals surface area contributed by atoms with Gasteiger partial charge in [-0.15, -0.1) is 12.6 Å². The van der Waals surface area contributed by atoms with Crippen LogP contribution in [-0.4, -0.2) is 55.5 Å². The smallest absolute Gasteiger partial charge is 0.342 e. The first-order valence-corrected chi connectivity index (χ1v) is 12.1. The van der Waals surface area contributed by atoms with Gasteiger partial charge >= 0.3 is 12.0 Å². The van der Waals surface area contributed by atoms with Crippen LogP contribution in [0, 0.1) is 16.0 Å². The van der Waals surface area contributed by atoms with Gasteiger partial charge in [-0.25, -0.2) is 20.1 Å². The zero-order valence-electron chi connectivity index (χ0n) is 20.3. The first-order chi connectivity index (χ1) is 18.6. The van der Waals surface area contributed by atoms with E-state index in [-0.39, 0.29) is 49.0 Å². The molecule has 0 bridgehead atoms. The number of non-ortho nitro benzene ring substituents is 1. The minimum Gasteiger partial charge on any atom is -0.478 e. The molecule has 4 rings (SSSR count). The molecule has 3 aromatic rings. The second-order valence-electron chi connectivity index (χ2n) is 8.86. The molecule has 1 aromatic heterocycles. The highest BCUT2D eigenvalue weighted by Crippen LogP contribution is 2.29. The van der Waals surface area contributed by atoms with Crippen LogP contribution in [0.2, 0.25) is 0 Å². The van der Waals surface area contributed by atoms with Crippen molar-refractivity contribution in [1.29, 1.82) is 0 Å². The summed E-state index contributed by atoms with van der Waals surface area (Å²) < 4.78 is 0. The number of nitrogens with zero attached hydrogens (tertiary/aromatic N) is 3. The van der Waals surface area contributed by atoms with Crippen LogP contribution >= 0.6 is 12.6 Å². The highest BCUT2D eigenvalue weighted by molar-refractivity contribution is 7.96. The monoisotopic (exact) mass is 553 g/mol. The predicted octanol–water partition coefficient (Wildman–Crippen LogP) is 3.16. The molecule has 0 aliphatic carbocycles. The number of carbonyl (C=O) groups is 4. The Balaban J connectivity index is 1.48. The number of benzene rings is 2. The number of para-hydroxylation sites is 1. The van der Waals surface area contributed by atoms with Crippen molar-refractivity contribution in [2.24, 2.45) is 5.92 Å². The van der Waals surface area contributed by atoms with Gasteiger partial charge in [-0.05, 0) is 42.2 Å². The maximum absolute atomic E-state index is 13.3. The van der Waals surface area contributed by atoms with Gasteiger partial charge < -0.3 is 15.3 Å². The molecule has 2 aromatic carbocycles. The number of amides is 3. The molecule has 39 heavy (non-hydrogen) atoms. The number of hydrogen-bond acceptors (Lipinski definition) is 8. The number of fused-ring (bicyclic) bond motifs is 1. The van der Waals surface area contributed by atoms with Crippen molar-refractivity contribution < 1.29 is 34.0 Å². The van der Waals surface area contributed by atoms with Crippen LogP contribution in [-0.2, 0) is 21.0 Å². The zero-order valence-corrected chi connectivity index (χ0v) is 21.2. The summed E-state index contributed by atoms with van der Waals surface area (Å²) in [6.07, 6.45) is 0.152. The molecule has 1 aliphatic rings. The molecule has 1 saturated heterocycles. The SMILES string of the molecule is O=C(S)CC1CC(C(=O)Nc2nc3ccccc3cc2C(=O)O)N(C(=O)NOCc2ccc([N+](=O)[O-])cc2)C1. The third kappa shape index (κ3) is 6.66. The van der Waals surface area contributed by atoms with E-state index in [2.05, 4.69) is 28.4 Å². The van der Waals surface area contributed by atoms with Gasteiger partial charge in [0.25, 0.3) is 5.69 Å². The fourth-order valence-electron chi connectivity index (χ4n) is 4.32. The molecule has 2 heterocycles. The van der Waals surface area contributed by atoms with Gasteiger partial charge in [-0.3, -0.25) is 24.5 Å². The number of carboxylic acids is 1. The molecule has 2 unspecified atom stereocenters. The molecule has 1 fully saturated rings. The Morgan fingerprint density at radius 2 is 1.87 bits per heavy atom. The van der Waals surface area contributed by atoms with Crippen LogP contribution in [0.1, 0.15) is 28.8 Å². The first-order valence-electron chi connectivity index (χ1n) is 11.7. The normalized spacial score (nSPS) is 16.6. The molecule has 2 atom stereocenters. The third-order valence-electron chi connectivity index (χ3n) is 6.16. The van der Waals surface area contributed by atoms with Crippen molar-refractivity contribution in [1.82, 2.24) is 15.4 Å².